The van der Waals surface area contributed by atoms with Crippen LogP contribution in [0.5, 0.6) is 0 Å². The number of carbonyl (C=O) groups is 2. The number of alkyl halides is 5. The number of ether oxygens (including phenoxy) is 1. The van der Waals surface area contributed by atoms with Crippen LogP contribution in [0.25, 0.3) is 0 Å². The van der Waals surface area contributed by atoms with Crippen LogP contribution in [-0.4, -0.2) is 42.3 Å². The van der Waals surface area contributed by atoms with Gasteiger partial charge in [-0.15, -0.1) is 0 Å². The molecule has 4 saturated carbocycles. The van der Waals surface area contributed by atoms with Crippen LogP contribution >= 0.6 is 0 Å². The Morgan fingerprint density at radius 1 is 1.12 bits per heavy atom. The van der Waals surface area contributed by atoms with Gasteiger partial charge < -0.3 is 4.74 Å². The lowest BCUT2D eigenvalue weighted by atomic mass is 9.49. The van der Waals surface area contributed by atoms with E-state index in [0.717, 1.165) is 0 Å². The van der Waals surface area contributed by atoms with Crippen molar-refractivity contribution in [1.82, 2.24) is 0 Å². The largest absolute Gasteiger partial charge is 0.444 e. The summed E-state index contributed by atoms with van der Waals surface area (Å²) in [6.45, 7) is 0. The summed E-state index contributed by atoms with van der Waals surface area (Å²) in [7, 11) is -6.52. The molecule has 3 unspecified atom stereocenters. The first kappa shape index (κ1) is 19.5. The Bertz CT molecular complexity index is 731. The van der Waals surface area contributed by atoms with E-state index in [-0.39, 0.29) is 24.7 Å². The predicted octanol–water partition coefficient (Wildman–Crippen LogP) is 2.34. The maximum Gasteiger partial charge on any atom is 0.432 e. The second kappa shape index (κ2) is 5.60. The van der Waals surface area contributed by atoms with Gasteiger partial charge in [-0.3, -0.25) is 14.1 Å². The summed E-state index contributed by atoms with van der Waals surface area (Å²) in [4.78, 5) is 24.9. The van der Waals surface area contributed by atoms with Crippen molar-refractivity contribution in [2.24, 2.45) is 23.2 Å². The highest BCUT2D eigenvalue weighted by atomic mass is 32.2. The van der Waals surface area contributed by atoms with Gasteiger partial charge in [-0.25, -0.2) is 0 Å². The molecule has 4 aliphatic carbocycles. The van der Waals surface area contributed by atoms with Crippen molar-refractivity contribution >= 4 is 21.9 Å². The molecule has 0 aromatic heterocycles. The first-order valence-corrected chi connectivity index (χ1v) is 9.29. The van der Waals surface area contributed by atoms with Crippen molar-refractivity contribution in [2.45, 2.75) is 49.6 Å². The number of esters is 1. The molecule has 0 radical (unpaired) electrons. The zero-order chi connectivity index (χ0) is 19.7. The van der Waals surface area contributed by atoms with Crippen molar-refractivity contribution in [2.75, 3.05) is 0 Å². The maximum atomic E-state index is 13.6. The topological polar surface area (TPSA) is 97.7 Å². The van der Waals surface area contributed by atoms with Gasteiger partial charge >= 0.3 is 27.5 Å². The second-order valence-corrected chi connectivity index (χ2v) is 8.85. The van der Waals surface area contributed by atoms with Gasteiger partial charge in [0.15, 0.2) is 5.78 Å². The molecule has 0 saturated heterocycles. The molecule has 4 fully saturated rings. The molecule has 6 nitrogen and oxygen atoms in total. The summed E-state index contributed by atoms with van der Waals surface area (Å²) in [5, 5.41) is -5.80. The number of carbonyl (C=O) groups excluding carboxylic acids is 2. The molecule has 148 valence electrons. The van der Waals surface area contributed by atoms with Crippen LogP contribution in [-0.2, 0) is 24.4 Å². The smallest absolute Gasteiger partial charge is 0.432 e. The molecule has 26 heavy (non-hydrogen) atoms. The number of rotatable bonds is 4. The molecular weight excluding hydrogens is 391 g/mol. The SMILES string of the molecule is O=C(OC(C(F)(F)F)C(F)(F)S(=O)(=O)O)C12CC3CC(CC(C3)C1=O)C2. The number of halogens is 5. The predicted molar refractivity (Wildman–Crippen MR) is 73.4 cm³/mol. The van der Waals surface area contributed by atoms with E-state index in [9.17, 15) is 40.0 Å². The van der Waals surface area contributed by atoms with Gasteiger partial charge in [0.1, 0.15) is 5.41 Å². The van der Waals surface area contributed by atoms with Crippen LogP contribution in [0, 0.1) is 23.2 Å². The molecule has 0 aromatic rings. The molecule has 0 spiro atoms. The average molecular weight is 406 g/mol. The third-order valence-electron chi connectivity index (χ3n) is 5.58. The Morgan fingerprint density at radius 3 is 2.04 bits per heavy atom. The zero-order valence-electron chi connectivity index (χ0n) is 13.1. The highest BCUT2D eigenvalue weighted by molar-refractivity contribution is 7.86. The molecule has 0 aromatic carbocycles. The Morgan fingerprint density at radius 2 is 1.62 bits per heavy atom. The Balaban J connectivity index is 1.93. The van der Waals surface area contributed by atoms with Gasteiger partial charge in [-0.1, -0.05) is 0 Å². The Labute approximate surface area is 144 Å². The van der Waals surface area contributed by atoms with Crippen molar-refractivity contribution < 1.29 is 49.2 Å². The lowest BCUT2D eigenvalue weighted by Gasteiger charge is -2.53. The summed E-state index contributed by atoms with van der Waals surface area (Å²) >= 11 is 0. The lowest BCUT2D eigenvalue weighted by Crippen LogP contribution is -2.60. The Hall–Kier alpha value is -1.30. The normalized spacial score (nSPS) is 35.5. The third kappa shape index (κ3) is 2.81. The summed E-state index contributed by atoms with van der Waals surface area (Å²) < 4.78 is 99.8. The average Bonchev–Trinajstić information content (AvgIpc) is 2.46. The molecular formula is C14H15F5O6S. The first-order valence-electron chi connectivity index (χ1n) is 7.85. The van der Waals surface area contributed by atoms with E-state index >= 15 is 0 Å². The van der Waals surface area contributed by atoms with Gasteiger partial charge in [0.25, 0.3) is 6.10 Å². The first-order chi connectivity index (χ1) is 11.7. The molecule has 12 heteroatoms. The third-order valence-corrected chi connectivity index (χ3v) is 6.48. The lowest BCUT2D eigenvalue weighted by molar-refractivity contribution is -0.264. The van der Waals surface area contributed by atoms with Crippen LogP contribution < -0.4 is 0 Å². The van der Waals surface area contributed by atoms with Crippen molar-refractivity contribution in [3.05, 3.63) is 0 Å². The van der Waals surface area contributed by atoms with E-state index in [0.29, 0.717) is 19.3 Å². The number of hydrogen-bond acceptors (Lipinski definition) is 5. The summed E-state index contributed by atoms with van der Waals surface area (Å²) in [5.74, 6) is -3.15. The Kier molecular flexibility index (Phi) is 4.19. The van der Waals surface area contributed by atoms with Crippen molar-refractivity contribution in [3.63, 3.8) is 0 Å². The molecule has 4 rings (SSSR count). The minimum absolute atomic E-state index is 0.0934. The standard InChI is InChI=1S/C14H15F5O6S/c15-13(16,17)10(14(18,19)26(22,23)24)25-11(21)12-4-6-1-7(5-12)3-8(2-6)9(12)20/h6-8,10H,1-5H2,(H,22,23,24). The molecule has 0 heterocycles. The van der Waals surface area contributed by atoms with Gasteiger partial charge in [0, 0.05) is 5.92 Å². The monoisotopic (exact) mass is 406 g/mol. The van der Waals surface area contributed by atoms with Crippen molar-refractivity contribution in [1.29, 1.82) is 0 Å². The van der Waals surface area contributed by atoms with Crippen LogP contribution in [0.2, 0.25) is 0 Å². The van der Waals surface area contributed by atoms with Crippen LogP contribution in [0.4, 0.5) is 22.0 Å². The van der Waals surface area contributed by atoms with E-state index in [1.54, 1.807) is 0 Å². The van der Waals surface area contributed by atoms with Gasteiger partial charge in [0.05, 0.1) is 0 Å². The highest BCUT2D eigenvalue weighted by Crippen LogP contribution is 2.59. The maximum absolute atomic E-state index is 13.6. The summed E-state index contributed by atoms with van der Waals surface area (Å²) in [6.07, 6.45) is -8.89. The van der Waals surface area contributed by atoms with Gasteiger partial charge in [0.2, 0.25) is 0 Å². The second-order valence-electron chi connectivity index (χ2n) is 7.35. The van der Waals surface area contributed by atoms with Crippen LogP contribution in [0.3, 0.4) is 0 Å². The number of ketones is 1. The van der Waals surface area contributed by atoms with Gasteiger partial charge in [-0.2, -0.15) is 30.4 Å². The van der Waals surface area contributed by atoms with E-state index in [1.807, 2.05) is 0 Å². The quantitative estimate of drug-likeness (QED) is 0.333. The van der Waals surface area contributed by atoms with E-state index in [1.165, 1.54) is 0 Å². The molecule has 0 aliphatic heterocycles. The molecule has 4 aliphatic rings. The molecule has 3 atom stereocenters. The van der Waals surface area contributed by atoms with E-state index < -0.39 is 50.7 Å². The summed E-state index contributed by atoms with van der Waals surface area (Å²) in [5.41, 5.74) is -1.95. The van der Waals surface area contributed by atoms with Gasteiger partial charge in [-0.05, 0) is 43.9 Å². The van der Waals surface area contributed by atoms with E-state index in [2.05, 4.69) is 4.74 Å². The van der Waals surface area contributed by atoms with Crippen molar-refractivity contribution in [3.8, 4) is 0 Å². The zero-order valence-corrected chi connectivity index (χ0v) is 13.9. The molecule has 1 N–H and O–H groups in total. The van der Waals surface area contributed by atoms with Crippen LogP contribution in [0.1, 0.15) is 32.1 Å². The fourth-order valence-corrected chi connectivity index (χ4v) is 5.17. The number of Topliss-reactive ketones (excluding diaryl/α,β-unsaturated/α-hetero) is 1. The molecule has 0 amide bonds. The fourth-order valence-electron chi connectivity index (χ4n) is 4.72. The molecule has 4 bridgehead atoms. The fraction of sp³-hybridized carbons (Fsp3) is 0.857. The van der Waals surface area contributed by atoms with E-state index in [4.69, 9.17) is 4.55 Å². The highest BCUT2D eigenvalue weighted by Gasteiger charge is 2.68. The minimum atomic E-state index is -6.52. The van der Waals surface area contributed by atoms with Crippen LogP contribution in [0.15, 0.2) is 0 Å². The number of hydrogen-bond donors (Lipinski definition) is 1. The minimum Gasteiger partial charge on any atom is -0.444 e. The summed E-state index contributed by atoms with van der Waals surface area (Å²) in [6, 6.07) is 0.